The monoisotopic (exact) mass is 501 g/mol. The maximum absolute atomic E-state index is 13.6. The van der Waals surface area contributed by atoms with Gasteiger partial charge in [-0.15, -0.1) is 0 Å². The molecule has 33 heavy (non-hydrogen) atoms. The highest BCUT2D eigenvalue weighted by Gasteiger charge is 2.45. The first kappa shape index (κ1) is 23.8. The van der Waals surface area contributed by atoms with Crippen LogP contribution in [0.5, 0.6) is 0 Å². The van der Waals surface area contributed by atoms with E-state index < -0.39 is 5.92 Å². The number of hydrogen-bond acceptors (Lipinski definition) is 6. The number of allylic oxidation sites excluding steroid dienone is 3. The molecule has 1 unspecified atom stereocenters. The Balaban J connectivity index is 2.03. The van der Waals surface area contributed by atoms with E-state index in [-0.39, 0.29) is 17.0 Å². The lowest BCUT2D eigenvalue weighted by Gasteiger charge is -2.43. The Morgan fingerprint density at radius 1 is 1.24 bits per heavy atom. The Morgan fingerprint density at radius 2 is 1.91 bits per heavy atom. The first-order valence-electron chi connectivity index (χ1n) is 10.7. The first-order valence-corrected chi connectivity index (χ1v) is 12.5. The number of nitriles is 1. The third-order valence-corrected chi connectivity index (χ3v) is 7.23. The van der Waals surface area contributed by atoms with E-state index in [1.807, 2.05) is 19.9 Å². The predicted molar refractivity (Wildman–Crippen MR) is 133 cm³/mol. The summed E-state index contributed by atoms with van der Waals surface area (Å²) in [6.45, 7) is 8.03. The van der Waals surface area contributed by atoms with Crippen molar-refractivity contribution in [2.75, 3.05) is 10.7 Å². The average Bonchev–Trinajstić information content (AvgIpc) is 3.05. The van der Waals surface area contributed by atoms with Gasteiger partial charge in [-0.3, -0.25) is 9.69 Å². The van der Waals surface area contributed by atoms with Crippen molar-refractivity contribution in [2.45, 2.75) is 51.5 Å². The Morgan fingerprint density at radius 3 is 2.52 bits per heavy atom. The summed E-state index contributed by atoms with van der Waals surface area (Å²) in [5.41, 5.74) is 9.54. The van der Waals surface area contributed by atoms with Crippen LogP contribution in [0, 0.1) is 23.7 Å². The fourth-order valence-corrected chi connectivity index (χ4v) is 6.05. The Labute approximate surface area is 208 Å². The molecule has 0 radical (unpaired) electrons. The number of benzene rings is 1. The molecule has 1 atom stereocenters. The van der Waals surface area contributed by atoms with Gasteiger partial charge >= 0.3 is 0 Å². The van der Waals surface area contributed by atoms with E-state index in [1.54, 1.807) is 34.9 Å². The third-order valence-electron chi connectivity index (χ3n) is 5.92. The van der Waals surface area contributed by atoms with E-state index in [0.717, 1.165) is 22.8 Å². The number of nitrogens with two attached hydrogens (primary N) is 1. The van der Waals surface area contributed by atoms with Crippen LogP contribution in [0.15, 0.2) is 56.4 Å². The summed E-state index contributed by atoms with van der Waals surface area (Å²) < 4.78 is 5.94. The number of ketones is 1. The fraction of sp³-hybridized carbons (Fsp3) is 0.360. The number of anilines is 1. The number of halogens is 2. The van der Waals surface area contributed by atoms with Crippen LogP contribution in [0.25, 0.3) is 0 Å². The van der Waals surface area contributed by atoms with Gasteiger partial charge in [0.2, 0.25) is 0 Å². The van der Waals surface area contributed by atoms with Crippen molar-refractivity contribution < 1.29 is 9.21 Å². The molecule has 1 aliphatic carbocycles. The number of carbonyl (C=O) groups excluding carboxylic acids is 1. The lowest BCUT2D eigenvalue weighted by molar-refractivity contribution is -0.118. The van der Waals surface area contributed by atoms with Crippen LogP contribution < -0.4 is 10.6 Å². The normalized spacial score (nSPS) is 20.2. The molecule has 0 spiro atoms. The molecule has 2 N–H and O–H groups in total. The van der Waals surface area contributed by atoms with Gasteiger partial charge in [-0.05, 0) is 48.8 Å². The highest BCUT2D eigenvalue weighted by atomic mass is 35.5. The first-order chi connectivity index (χ1) is 15.6. The van der Waals surface area contributed by atoms with Crippen molar-refractivity contribution in [3.05, 3.63) is 68.3 Å². The number of thioether (sulfide) groups is 1. The Hall–Kier alpha value is -2.33. The van der Waals surface area contributed by atoms with Crippen LogP contribution in [0.2, 0.25) is 10.0 Å². The molecule has 1 aromatic heterocycles. The number of nitrogens with zero attached hydrogens (tertiary/aromatic N) is 2. The highest BCUT2D eigenvalue weighted by molar-refractivity contribution is 7.99. The molecule has 0 bridgehead atoms. The topological polar surface area (TPSA) is 83.3 Å². The summed E-state index contributed by atoms with van der Waals surface area (Å²) in [6.07, 6.45) is 0.999. The van der Waals surface area contributed by atoms with Crippen molar-refractivity contribution in [3.8, 4) is 6.07 Å². The van der Waals surface area contributed by atoms with Gasteiger partial charge in [0, 0.05) is 33.3 Å². The number of rotatable bonds is 4. The maximum Gasteiger partial charge on any atom is 0.164 e. The summed E-state index contributed by atoms with van der Waals surface area (Å²) in [4.78, 5) is 15.4. The number of Topliss-reactive ketones (excluding diaryl/α,β-unsaturated/α-hetero) is 1. The minimum absolute atomic E-state index is 0.0101. The van der Waals surface area contributed by atoms with Crippen LogP contribution in [-0.4, -0.2) is 11.5 Å². The van der Waals surface area contributed by atoms with Gasteiger partial charge in [0.1, 0.15) is 11.6 Å². The molecule has 5 nitrogen and oxygen atoms in total. The van der Waals surface area contributed by atoms with Gasteiger partial charge in [-0.1, -0.05) is 55.7 Å². The molecule has 8 heteroatoms. The van der Waals surface area contributed by atoms with Crippen LogP contribution >= 0.6 is 35.0 Å². The Bertz CT molecular complexity index is 1230. The Kier molecular flexibility index (Phi) is 6.34. The number of furan rings is 1. The quantitative estimate of drug-likeness (QED) is 0.456. The molecule has 172 valence electrons. The highest BCUT2D eigenvalue weighted by Crippen LogP contribution is 2.52. The largest absolute Gasteiger partial charge is 0.455 e. The van der Waals surface area contributed by atoms with Crippen LogP contribution in [-0.2, 0) is 4.79 Å². The molecule has 1 aromatic carbocycles. The van der Waals surface area contributed by atoms with E-state index in [1.165, 1.54) is 0 Å². The van der Waals surface area contributed by atoms with Gasteiger partial charge in [-0.2, -0.15) is 5.26 Å². The molecule has 2 aliphatic rings. The fourth-order valence-electron chi connectivity index (χ4n) is 4.74. The zero-order chi connectivity index (χ0) is 24.1. The van der Waals surface area contributed by atoms with E-state index in [9.17, 15) is 10.1 Å². The van der Waals surface area contributed by atoms with Gasteiger partial charge in [0.25, 0.3) is 0 Å². The number of hydrogen-bond donors (Lipinski definition) is 1. The number of aryl methyl sites for hydroxylation is 1. The summed E-state index contributed by atoms with van der Waals surface area (Å²) in [5.74, 6) is 1.23. The molecule has 2 heterocycles. The second-order valence-electron chi connectivity index (χ2n) is 9.14. The van der Waals surface area contributed by atoms with Gasteiger partial charge in [-0.25, -0.2) is 0 Å². The van der Waals surface area contributed by atoms with Crippen molar-refractivity contribution in [3.63, 3.8) is 0 Å². The standard InChI is InChI=1S/C25H25Cl2N3O2S/c1-5-33-24-17(6-13(2)32-24)21-18(12-28)23(29)30(16-8-14(26)7-15(27)9-16)19-10-25(3,4)11-20(31)22(19)21/h6-9,21H,5,10-11,29H2,1-4H3. The summed E-state index contributed by atoms with van der Waals surface area (Å²) in [7, 11) is 0. The SMILES string of the molecule is CCSc1oc(C)cc1C1C(C#N)=C(N)N(c2cc(Cl)cc(Cl)c2)C2=C1C(=O)CC(C)(C)C2. The molecule has 0 amide bonds. The molecule has 1 aliphatic heterocycles. The van der Waals surface area contributed by atoms with Crippen LogP contribution in [0.3, 0.4) is 0 Å². The second-order valence-corrected chi connectivity index (χ2v) is 11.3. The molecular weight excluding hydrogens is 477 g/mol. The smallest absolute Gasteiger partial charge is 0.164 e. The molecule has 0 fully saturated rings. The van der Waals surface area contributed by atoms with Crippen molar-refractivity contribution in [1.82, 2.24) is 0 Å². The van der Waals surface area contributed by atoms with Crippen LogP contribution in [0.4, 0.5) is 5.69 Å². The number of carbonyl (C=O) groups is 1. The van der Waals surface area contributed by atoms with Gasteiger partial charge in [0.15, 0.2) is 10.9 Å². The van der Waals surface area contributed by atoms with E-state index in [0.29, 0.717) is 44.8 Å². The van der Waals surface area contributed by atoms with E-state index in [2.05, 4.69) is 19.9 Å². The lowest BCUT2D eigenvalue weighted by Crippen LogP contribution is -2.42. The summed E-state index contributed by atoms with van der Waals surface area (Å²) >= 11 is 14.1. The van der Waals surface area contributed by atoms with Crippen molar-refractivity contribution >= 4 is 46.4 Å². The van der Waals surface area contributed by atoms with Gasteiger partial charge < -0.3 is 10.2 Å². The zero-order valence-corrected chi connectivity index (χ0v) is 21.3. The van der Waals surface area contributed by atoms with E-state index >= 15 is 0 Å². The third kappa shape index (κ3) is 4.30. The maximum atomic E-state index is 13.6. The second kappa shape index (κ2) is 8.79. The van der Waals surface area contributed by atoms with Crippen molar-refractivity contribution in [2.24, 2.45) is 11.1 Å². The molecule has 2 aromatic rings. The van der Waals surface area contributed by atoms with Gasteiger partial charge in [0.05, 0.1) is 23.2 Å². The molecule has 0 saturated carbocycles. The van der Waals surface area contributed by atoms with Crippen LogP contribution in [0.1, 0.15) is 50.9 Å². The minimum Gasteiger partial charge on any atom is -0.455 e. The predicted octanol–water partition coefficient (Wildman–Crippen LogP) is 6.95. The average molecular weight is 502 g/mol. The van der Waals surface area contributed by atoms with Crippen molar-refractivity contribution in [1.29, 1.82) is 5.26 Å². The zero-order valence-electron chi connectivity index (χ0n) is 19.0. The molecule has 4 rings (SSSR count). The molecule has 0 saturated heterocycles. The molecular formula is C25H25Cl2N3O2S. The summed E-state index contributed by atoms with van der Waals surface area (Å²) in [5, 5.41) is 11.8. The van der Waals surface area contributed by atoms with E-state index in [4.69, 9.17) is 33.4 Å². The minimum atomic E-state index is -0.578. The summed E-state index contributed by atoms with van der Waals surface area (Å²) in [6, 6.07) is 9.33. The lowest BCUT2D eigenvalue weighted by atomic mass is 9.69.